The van der Waals surface area contributed by atoms with Crippen molar-refractivity contribution in [2.24, 2.45) is 0 Å². The lowest BCUT2D eigenvalue weighted by Crippen LogP contribution is -2.57. The minimum atomic E-state index is -1.09. The molecule has 7 nitrogen and oxygen atoms in total. The molecule has 0 radical (unpaired) electrons. The summed E-state index contributed by atoms with van der Waals surface area (Å²) in [5.41, 5.74) is 0.231. The lowest BCUT2D eigenvalue weighted by molar-refractivity contribution is -0.139. The number of nitrogens with zero attached hydrogens (tertiary/aromatic N) is 2. The van der Waals surface area contributed by atoms with Gasteiger partial charge in [0.05, 0.1) is 0 Å². The Hall–Kier alpha value is -2.87. The Morgan fingerprint density at radius 1 is 1.03 bits per heavy atom. The Labute approximate surface area is 201 Å². The molecular formula is C24H24Cl2N2O5. The van der Waals surface area contributed by atoms with Crippen LogP contribution in [-0.4, -0.2) is 35.2 Å². The fourth-order valence-corrected chi connectivity index (χ4v) is 4.08. The SMILES string of the molecule is CCN(CC)N(c1cc(=O)c1=O)C(Cc1ccc(OCc2c(Cl)cccc2Cl)cc1)C(=O)O. The number of halogens is 2. The van der Waals surface area contributed by atoms with Crippen molar-refractivity contribution in [2.45, 2.75) is 32.9 Å². The van der Waals surface area contributed by atoms with Gasteiger partial charge in [-0.25, -0.2) is 9.80 Å². The highest BCUT2D eigenvalue weighted by Gasteiger charge is 2.33. The van der Waals surface area contributed by atoms with Gasteiger partial charge in [-0.15, -0.1) is 0 Å². The second-order valence-corrected chi connectivity index (χ2v) is 8.21. The number of carboxylic acids is 1. The van der Waals surface area contributed by atoms with Crippen molar-refractivity contribution in [1.82, 2.24) is 5.01 Å². The monoisotopic (exact) mass is 490 g/mol. The number of anilines is 1. The topological polar surface area (TPSA) is 87.2 Å². The molecular weight excluding hydrogens is 467 g/mol. The van der Waals surface area contributed by atoms with Crippen LogP contribution in [0.4, 0.5) is 5.69 Å². The molecule has 33 heavy (non-hydrogen) atoms. The van der Waals surface area contributed by atoms with E-state index in [0.717, 1.165) is 5.56 Å². The van der Waals surface area contributed by atoms with Crippen LogP contribution in [0.15, 0.2) is 58.1 Å². The summed E-state index contributed by atoms with van der Waals surface area (Å²) in [5.74, 6) is -0.520. The maximum absolute atomic E-state index is 12.2. The Bertz CT molecular complexity index is 1160. The zero-order chi connectivity index (χ0) is 24.1. The maximum Gasteiger partial charge on any atom is 0.328 e. The highest BCUT2D eigenvalue weighted by atomic mass is 35.5. The van der Waals surface area contributed by atoms with Gasteiger partial charge in [-0.3, -0.25) is 14.6 Å². The number of aliphatic carboxylic acids is 1. The molecule has 174 valence electrons. The van der Waals surface area contributed by atoms with Crippen molar-refractivity contribution in [3.05, 3.63) is 90.1 Å². The Kier molecular flexibility index (Phi) is 8.13. The van der Waals surface area contributed by atoms with Crippen molar-refractivity contribution >= 4 is 34.9 Å². The minimum absolute atomic E-state index is 0.104. The second kappa shape index (κ2) is 10.8. The molecule has 0 fully saturated rings. The van der Waals surface area contributed by atoms with E-state index in [1.165, 1.54) is 11.1 Å². The van der Waals surface area contributed by atoms with Crippen molar-refractivity contribution < 1.29 is 14.6 Å². The van der Waals surface area contributed by atoms with E-state index < -0.39 is 22.9 Å². The molecule has 9 heteroatoms. The van der Waals surface area contributed by atoms with Gasteiger partial charge in [-0.1, -0.05) is 55.2 Å². The molecule has 0 aliphatic heterocycles. The molecule has 0 aromatic heterocycles. The quantitative estimate of drug-likeness (QED) is 0.321. The standard InChI is InChI=1S/C24H24Cl2N2O5/c1-3-27(4-2)28(20-13-22(29)23(20)30)21(24(31)32)12-15-8-10-16(11-9-15)33-14-17-18(25)6-5-7-19(17)26/h5-11,13,21H,3-4,12,14H2,1-2H3,(H,31,32). The van der Waals surface area contributed by atoms with Gasteiger partial charge in [0.2, 0.25) is 10.9 Å². The minimum Gasteiger partial charge on any atom is -0.489 e. The molecule has 0 heterocycles. The predicted molar refractivity (Wildman–Crippen MR) is 129 cm³/mol. The molecule has 3 rings (SSSR count). The summed E-state index contributed by atoms with van der Waals surface area (Å²) in [7, 11) is 0. The average Bonchev–Trinajstić information content (AvgIpc) is 2.80. The van der Waals surface area contributed by atoms with Crippen LogP contribution in [0.1, 0.15) is 25.0 Å². The fourth-order valence-electron chi connectivity index (χ4n) is 3.57. The molecule has 0 saturated heterocycles. The van der Waals surface area contributed by atoms with Crippen molar-refractivity contribution in [2.75, 3.05) is 18.1 Å². The summed E-state index contributed by atoms with van der Waals surface area (Å²) in [6.07, 6.45) is 0.126. The van der Waals surface area contributed by atoms with Crippen LogP contribution in [0, 0.1) is 0 Å². The molecule has 3 aromatic carbocycles. The van der Waals surface area contributed by atoms with Crippen LogP contribution in [0.3, 0.4) is 0 Å². The van der Waals surface area contributed by atoms with Crippen LogP contribution >= 0.6 is 23.2 Å². The number of hydrogen-bond donors (Lipinski definition) is 1. The molecule has 1 unspecified atom stereocenters. The number of carboxylic acid groups (broad SMARTS) is 1. The summed E-state index contributed by atoms with van der Waals surface area (Å²) >= 11 is 12.3. The van der Waals surface area contributed by atoms with Gasteiger partial charge in [-0.2, -0.15) is 0 Å². The van der Waals surface area contributed by atoms with Gasteiger partial charge in [-0.05, 0) is 29.8 Å². The molecule has 3 aromatic rings. The Balaban J connectivity index is 1.78. The van der Waals surface area contributed by atoms with Crippen LogP contribution in [0.25, 0.3) is 0 Å². The van der Waals surface area contributed by atoms with Crippen molar-refractivity contribution in [3.8, 4) is 5.75 Å². The van der Waals surface area contributed by atoms with E-state index in [-0.39, 0.29) is 18.7 Å². The van der Waals surface area contributed by atoms with Gasteiger partial charge in [0.25, 0.3) is 0 Å². The van der Waals surface area contributed by atoms with E-state index in [2.05, 4.69) is 0 Å². The summed E-state index contributed by atoms with van der Waals surface area (Å²) in [4.78, 5) is 35.7. The highest BCUT2D eigenvalue weighted by molar-refractivity contribution is 6.35. The van der Waals surface area contributed by atoms with Gasteiger partial charge >= 0.3 is 5.97 Å². The third-order valence-electron chi connectivity index (χ3n) is 5.38. The number of carbonyl (C=O) groups is 1. The lowest BCUT2D eigenvalue weighted by atomic mass is 10.0. The normalized spacial score (nSPS) is 12.2. The largest absolute Gasteiger partial charge is 0.489 e. The summed E-state index contributed by atoms with van der Waals surface area (Å²) < 4.78 is 5.78. The zero-order valence-electron chi connectivity index (χ0n) is 18.3. The molecule has 1 atom stereocenters. The first-order chi connectivity index (χ1) is 15.8. The summed E-state index contributed by atoms with van der Waals surface area (Å²) in [6, 6.07) is 12.4. The van der Waals surface area contributed by atoms with E-state index in [0.29, 0.717) is 34.4 Å². The van der Waals surface area contributed by atoms with Crippen LogP contribution in [-0.2, 0) is 17.8 Å². The van der Waals surface area contributed by atoms with E-state index in [1.807, 2.05) is 13.8 Å². The summed E-state index contributed by atoms with van der Waals surface area (Å²) in [5, 5.41) is 14.1. The highest BCUT2D eigenvalue weighted by Crippen LogP contribution is 2.26. The fraction of sp³-hybridized carbons (Fsp3) is 0.292. The number of rotatable bonds is 11. The number of benzene rings is 2. The Morgan fingerprint density at radius 3 is 2.12 bits per heavy atom. The predicted octanol–water partition coefficient (Wildman–Crippen LogP) is 3.93. The van der Waals surface area contributed by atoms with E-state index in [4.69, 9.17) is 27.9 Å². The first-order valence-corrected chi connectivity index (χ1v) is 11.2. The summed E-state index contributed by atoms with van der Waals surface area (Å²) in [6.45, 7) is 4.87. The molecule has 0 aliphatic rings. The third kappa shape index (κ3) is 5.55. The number of ether oxygens (including phenoxy) is 1. The van der Waals surface area contributed by atoms with Crippen molar-refractivity contribution in [3.63, 3.8) is 0 Å². The van der Waals surface area contributed by atoms with E-state index >= 15 is 0 Å². The Morgan fingerprint density at radius 2 is 1.64 bits per heavy atom. The second-order valence-electron chi connectivity index (χ2n) is 7.40. The first kappa shape index (κ1) is 24.8. The molecule has 0 amide bonds. The number of hydrazine groups is 1. The van der Waals surface area contributed by atoms with Gasteiger partial charge in [0, 0.05) is 41.2 Å². The molecule has 1 N–H and O–H groups in total. The lowest BCUT2D eigenvalue weighted by Gasteiger charge is -2.39. The molecule has 0 bridgehead atoms. The first-order valence-electron chi connectivity index (χ1n) is 10.5. The number of hydrogen-bond acceptors (Lipinski definition) is 6. The molecule has 0 aliphatic carbocycles. The van der Waals surface area contributed by atoms with Crippen LogP contribution in [0.5, 0.6) is 5.75 Å². The third-order valence-corrected chi connectivity index (χ3v) is 6.09. The molecule has 0 spiro atoms. The van der Waals surface area contributed by atoms with Gasteiger partial charge in [0.1, 0.15) is 24.1 Å². The molecule has 0 saturated carbocycles. The smallest absolute Gasteiger partial charge is 0.328 e. The van der Waals surface area contributed by atoms with Gasteiger partial charge < -0.3 is 9.84 Å². The van der Waals surface area contributed by atoms with Crippen molar-refractivity contribution in [1.29, 1.82) is 0 Å². The van der Waals surface area contributed by atoms with Gasteiger partial charge in [0.15, 0.2) is 0 Å². The van der Waals surface area contributed by atoms with Crippen LogP contribution in [0.2, 0.25) is 10.0 Å². The van der Waals surface area contributed by atoms with E-state index in [1.54, 1.807) is 47.5 Å². The maximum atomic E-state index is 12.2. The van der Waals surface area contributed by atoms with E-state index in [9.17, 15) is 19.5 Å². The average molecular weight is 491 g/mol. The van der Waals surface area contributed by atoms with Crippen LogP contribution < -0.4 is 20.6 Å². The zero-order valence-corrected chi connectivity index (χ0v) is 19.8.